The molecule has 6 nitrogen and oxygen atoms in total. The first-order valence-corrected chi connectivity index (χ1v) is 15.2. The van der Waals surface area contributed by atoms with E-state index in [0.29, 0.717) is 42.4 Å². The number of hydrogen-bond acceptors (Lipinski definition) is 4. The molecule has 0 bridgehead atoms. The van der Waals surface area contributed by atoms with Crippen LogP contribution in [-0.2, 0) is 9.59 Å². The van der Waals surface area contributed by atoms with Crippen molar-refractivity contribution in [1.82, 2.24) is 4.90 Å². The number of rotatable bonds is 19. The van der Waals surface area contributed by atoms with Crippen LogP contribution in [0.3, 0.4) is 0 Å². The molecule has 0 saturated heterocycles. The lowest BCUT2D eigenvalue weighted by Gasteiger charge is -2.21. The number of aliphatic carboxylic acids is 1. The van der Waals surface area contributed by atoms with E-state index in [0.717, 1.165) is 30.5 Å². The lowest BCUT2D eigenvalue weighted by molar-refractivity contribution is -0.138. The minimum Gasteiger partial charge on any atom is -0.481 e. The van der Waals surface area contributed by atoms with E-state index in [4.69, 9.17) is 21.6 Å². The molecule has 0 aliphatic carbocycles. The third-order valence-corrected chi connectivity index (χ3v) is 7.18. The zero-order valence-electron chi connectivity index (χ0n) is 26.0. The van der Waals surface area contributed by atoms with Crippen molar-refractivity contribution < 1.29 is 14.7 Å². The molecule has 1 aromatic rings. The molecule has 0 saturated carbocycles. The quantitative estimate of drug-likeness (QED) is 0.128. The number of nitrogens with zero attached hydrogens (tertiary/aromatic N) is 3. The van der Waals surface area contributed by atoms with E-state index in [1.54, 1.807) is 12.3 Å². The smallest absolute Gasteiger partial charge is 0.303 e. The largest absolute Gasteiger partial charge is 0.481 e. The van der Waals surface area contributed by atoms with Crippen molar-refractivity contribution in [1.29, 1.82) is 0 Å². The summed E-state index contributed by atoms with van der Waals surface area (Å²) in [5.74, 6) is -0.719. The van der Waals surface area contributed by atoms with Gasteiger partial charge in [-0.1, -0.05) is 92.6 Å². The van der Waals surface area contributed by atoms with Gasteiger partial charge in [-0.15, -0.1) is 0 Å². The SMILES string of the molecule is C=C/C=C\C=C(/CC)CCN(CC)C(=O)C/C=C(\C)N=C(CCC(CC)CC(=O)O)C(=N/C=C/C)c1ccc(Cl)cc1. The van der Waals surface area contributed by atoms with Crippen molar-refractivity contribution in [2.24, 2.45) is 15.9 Å². The highest BCUT2D eigenvalue weighted by atomic mass is 35.5. The van der Waals surface area contributed by atoms with Gasteiger partial charge in [0.25, 0.3) is 0 Å². The predicted octanol–water partition coefficient (Wildman–Crippen LogP) is 9.00. The number of hydrogen-bond donors (Lipinski definition) is 1. The number of allylic oxidation sites excluding steroid dienone is 6. The average Bonchev–Trinajstić information content (AvgIpc) is 2.97. The second-order valence-corrected chi connectivity index (χ2v) is 10.4. The fraction of sp³-hybridized carbons (Fsp3) is 0.429. The molecule has 0 aliphatic rings. The highest BCUT2D eigenvalue weighted by Crippen LogP contribution is 2.20. The molecule has 1 rings (SSSR count). The van der Waals surface area contributed by atoms with Crippen LogP contribution >= 0.6 is 11.6 Å². The Labute approximate surface area is 258 Å². The number of carbonyl (C=O) groups excluding carboxylic acids is 1. The highest BCUT2D eigenvalue weighted by Gasteiger charge is 2.17. The molecule has 1 unspecified atom stereocenters. The summed E-state index contributed by atoms with van der Waals surface area (Å²) in [7, 11) is 0. The molecule has 0 radical (unpaired) electrons. The van der Waals surface area contributed by atoms with Crippen molar-refractivity contribution >= 4 is 34.9 Å². The van der Waals surface area contributed by atoms with Crippen molar-refractivity contribution in [2.75, 3.05) is 13.1 Å². The van der Waals surface area contributed by atoms with Gasteiger partial charge in [0.2, 0.25) is 5.91 Å². The monoisotopic (exact) mass is 593 g/mol. The summed E-state index contributed by atoms with van der Waals surface area (Å²) in [6.07, 6.45) is 17.2. The van der Waals surface area contributed by atoms with Crippen LogP contribution < -0.4 is 0 Å². The second-order valence-electron chi connectivity index (χ2n) is 10.0. The van der Waals surface area contributed by atoms with Crippen LogP contribution in [0.2, 0.25) is 5.02 Å². The molecule has 1 atom stereocenters. The number of aliphatic imine (C=N–C) groups is 2. The van der Waals surface area contributed by atoms with Crippen molar-refractivity contribution in [3.05, 3.63) is 95.4 Å². The van der Waals surface area contributed by atoms with Crippen molar-refractivity contribution in [2.45, 2.75) is 79.6 Å². The maximum atomic E-state index is 13.1. The van der Waals surface area contributed by atoms with Crippen LogP contribution in [0.15, 0.2) is 94.8 Å². The molecule has 0 aliphatic heterocycles. The molecular weight excluding hydrogens is 546 g/mol. The lowest BCUT2D eigenvalue weighted by atomic mass is 9.92. The van der Waals surface area contributed by atoms with Crippen LogP contribution in [0.25, 0.3) is 0 Å². The number of benzene rings is 1. The van der Waals surface area contributed by atoms with E-state index >= 15 is 0 Å². The van der Waals surface area contributed by atoms with Gasteiger partial charge >= 0.3 is 5.97 Å². The molecular formula is C35H48ClN3O3. The predicted molar refractivity (Wildman–Crippen MR) is 178 cm³/mol. The first kappa shape index (κ1) is 36.5. The fourth-order valence-corrected chi connectivity index (χ4v) is 4.47. The zero-order chi connectivity index (χ0) is 31.3. The van der Waals surface area contributed by atoms with Gasteiger partial charge in [0.05, 0.1) is 11.4 Å². The normalized spacial score (nSPS) is 14.0. The summed E-state index contributed by atoms with van der Waals surface area (Å²) < 4.78 is 0. The van der Waals surface area contributed by atoms with E-state index in [-0.39, 0.29) is 24.7 Å². The van der Waals surface area contributed by atoms with Gasteiger partial charge in [-0.25, -0.2) is 0 Å². The van der Waals surface area contributed by atoms with E-state index in [1.807, 2.05) is 81.2 Å². The topological polar surface area (TPSA) is 82.3 Å². The molecule has 0 aromatic heterocycles. The number of carboxylic acids is 1. The average molecular weight is 594 g/mol. The van der Waals surface area contributed by atoms with E-state index in [9.17, 15) is 14.7 Å². The lowest BCUT2D eigenvalue weighted by Crippen LogP contribution is -2.31. The van der Waals surface area contributed by atoms with Crippen LogP contribution in [0.1, 0.15) is 85.1 Å². The third kappa shape index (κ3) is 14.4. The van der Waals surface area contributed by atoms with E-state index in [2.05, 4.69) is 19.6 Å². The summed E-state index contributed by atoms with van der Waals surface area (Å²) >= 11 is 6.14. The van der Waals surface area contributed by atoms with Gasteiger partial charge in [0, 0.05) is 48.4 Å². The first-order valence-electron chi connectivity index (χ1n) is 14.8. The maximum absolute atomic E-state index is 13.1. The Balaban J connectivity index is 3.26. The Morgan fingerprint density at radius 2 is 1.83 bits per heavy atom. The van der Waals surface area contributed by atoms with Gasteiger partial charge in [-0.2, -0.15) is 0 Å². The maximum Gasteiger partial charge on any atom is 0.303 e. The van der Waals surface area contributed by atoms with E-state index in [1.165, 1.54) is 5.57 Å². The molecule has 0 spiro atoms. The summed E-state index contributed by atoms with van der Waals surface area (Å²) in [6, 6.07) is 7.44. The van der Waals surface area contributed by atoms with Gasteiger partial charge < -0.3 is 10.0 Å². The van der Waals surface area contributed by atoms with Gasteiger partial charge in [0.15, 0.2) is 0 Å². The molecule has 0 fully saturated rings. The summed E-state index contributed by atoms with van der Waals surface area (Å²) in [4.78, 5) is 36.0. The number of amides is 1. The van der Waals surface area contributed by atoms with Crippen LogP contribution in [0.4, 0.5) is 0 Å². The number of halogens is 1. The standard InChI is InChI=1S/C35H48ClN3O3/c1-7-12-13-14-28(9-3)23-25-39(11-5)33(40)22-15-27(6)38-32(21-16-29(10-4)26-34(41)42)35(37-24-8-2)30-17-19-31(36)20-18-30/h7-8,12-15,17-20,24,29H,1,9-11,16,21-23,25-26H2,2-6H3,(H,41,42)/b13-12-,24-8+,27-15+,28-14+,37-35?,38-32?. The molecule has 1 amide bonds. The molecule has 0 heterocycles. The van der Waals surface area contributed by atoms with Gasteiger partial charge in [-0.05, 0) is 64.5 Å². The molecule has 42 heavy (non-hydrogen) atoms. The van der Waals surface area contributed by atoms with Gasteiger partial charge in [0.1, 0.15) is 0 Å². The van der Waals surface area contributed by atoms with Crippen LogP contribution in [-0.4, -0.2) is 46.4 Å². The van der Waals surface area contributed by atoms with Crippen LogP contribution in [0.5, 0.6) is 0 Å². The number of carboxylic acid groups (broad SMARTS) is 1. The zero-order valence-corrected chi connectivity index (χ0v) is 26.7. The Bertz CT molecular complexity index is 1190. The summed E-state index contributed by atoms with van der Waals surface area (Å²) in [5.41, 5.74) is 4.31. The minimum absolute atomic E-state index is 0.0270. The third-order valence-electron chi connectivity index (χ3n) is 6.93. The van der Waals surface area contributed by atoms with Crippen molar-refractivity contribution in [3.8, 4) is 0 Å². The summed E-state index contributed by atoms with van der Waals surface area (Å²) in [6.45, 7) is 14.9. The summed E-state index contributed by atoms with van der Waals surface area (Å²) in [5, 5.41) is 9.97. The van der Waals surface area contributed by atoms with Gasteiger partial charge in [-0.3, -0.25) is 19.6 Å². The van der Waals surface area contributed by atoms with E-state index < -0.39 is 5.97 Å². The Morgan fingerprint density at radius 1 is 1.12 bits per heavy atom. The fourth-order valence-electron chi connectivity index (χ4n) is 4.35. The minimum atomic E-state index is -0.800. The Hall–Kier alpha value is -3.51. The first-order chi connectivity index (χ1) is 20.2. The molecule has 1 aromatic carbocycles. The second kappa shape index (κ2) is 21.2. The number of carbonyl (C=O) groups is 2. The Kier molecular flexibility index (Phi) is 18.5. The molecule has 1 N–H and O–H groups in total. The van der Waals surface area contributed by atoms with Crippen molar-refractivity contribution in [3.63, 3.8) is 0 Å². The molecule has 228 valence electrons. The molecule has 7 heteroatoms. The Morgan fingerprint density at radius 3 is 2.40 bits per heavy atom. The highest BCUT2D eigenvalue weighted by molar-refractivity contribution is 6.48. The van der Waals surface area contributed by atoms with Crippen LogP contribution in [0, 0.1) is 5.92 Å².